The average Bonchev–Trinajstić information content (AvgIpc) is 2.30. The number of hydrogen-bond acceptors (Lipinski definition) is 3. The lowest BCUT2D eigenvalue weighted by Crippen LogP contribution is -2.45. The molecule has 1 amide bonds. The van der Waals surface area contributed by atoms with Crippen molar-refractivity contribution >= 4 is 5.91 Å². The van der Waals surface area contributed by atoms with Gasteiger partial charge < -0.3 is 10.6 Å². The Morgan fingerprint density at radius 1 is 1.44 bits per heavy atom. The fraction of sp³-hybridized carbons (Fsp3) is 0.917. The summed E-state index contributed by atoms with van der Waals surface area (Å²) >= 11 is 0. The first kappa shape index (κ1) is 13.5. The minimum Gasteiger partial charge on any atom is -0.355 e. The van der Waals surface area contributed by atoms with Crippen LogP contribution in [0.25, 0.3) is 0 Å². The lowest BCUT2D eigenvalue weighted by molar-refractivity contribution is -0.122. The molecule has 4 nitrogen and oxygen atoms in total. The molecule has 4 heteroatoms. The van der Waals surface area contributed by atoms with Gasteiger partial charge in [0, 0.05) is 12.6 Å². The van der Waals surface area contributed by atoms with Crippen LogP contribution in [0.15, 0.2) is 0 Å². The van der Waals surface area contributed by atoms with Crippen molar-refractivity contribution < 1.29 is 4.79 Å². The van der Waals surface area contributed by atoms with E-state index in [-0.39, 0.29) is 5.91 Å². The fourth-order valence-corrected chi connectivity index (χ4v) is 2.06. The number of amides is 1. The molecular weight excluding hydrogens is 202 g/mol. The highest BCUT2D eigenvalue weighted by atomic mass is 16.2. The van der Waals surface area contributed by atoms with E-state index in [1.54, 1.807) is 0 Å². The maximum absolute atomic E-state index is 11.6. The molecule has 0 aromatic carbocycles. The quantitative estimate of drug-likeness (QED) is 0.653. The average molecular weight is 227 g/mol. The van der Waals surface area contributed by atoms with Crippen LogP contribution in [0.4, 0.5) is 0 Å². The Morgan fingerprint density at radius 3 is 2.75 bits per heavy atom. The van der Waals surface area contributed by atoms with E-state index >= 15 is 0 Å². The molecule has 16 heavy (non-hydrogen) atoms. The highest BCUT2D eigenvalue weighted by Gasteiger charge is 2.19. The van der Waals surface area contributed by atoms with Crippen molar-refractivity contribution in [3.63, 3.8) is 0 Å². The molecule has 0 spiro atoms. The summed E-state index contributed by atoms with van der Waals surface area (Å²) in [6, 6.07) is 0.568. The predicted octanol–water partition coefficient (Wildman–Crippen LogP) is 0.587. The van der Waals surface area contributed by atoms with Gasteiger partial charge in [-0.05, 0) is 39.4 Å². The molecule has 0 saturated carbocycles. The molecule has 0 aliphatic carbocycles. The van der Waals surface area contributed by atoms with Gasteiger partial charge in [-0.25, -0.2) is 0 Å². The van der Waals surface area contributed by atoms with Gasteiger partial charge >= 0.3 is 0 Å². The van der Waals surface area contributed by atoms with Gasteiger partial charge in [0.15, 0.2) is 0 Å². The third-order valence-electron chi connectivity index (χ3n) is 3.18. The van der Waals surface area contributed by atoms with Gasteiger partial charge in [-0.1, -0.05) is 13.3 Å². The summed E-state index contributed by atoms with van der Waals surface area (Å²) in [7, 11) is 2.05. The Hall–Kier alpha value is -0.610. The summed E-state index contributed by atoms with van der Waals surface area (Å²) in [5.41, 5.74) is 0. The number of carbonyl (C=O) groups excluding carboxylic acids is 1. The summed E-state index contributed by atoms with van der Waals surface area (Å²) in [6.45, 7) is 5.63. The first-order valence-electron chi connectivity index (χ1n) is 6.41. The Labute approximate surface area is 98.8 Å². The summed E-state index contributed by atoms with van der Waals surface area (Å²) in [6.07, 6.45) is 4.50. The predicted molar refractivity (Wildman–Crippen MR) is 66.4 cm³/mol. The van der Waals surface area contributed by atoms with Gasteiger partial charge in [-0.3, -0.25) is 9.69 Å². The van der Waals surface area contributed by atoms with Crippen molar-refractivity contribution in [1.29, 1.82) is 0 Å². The Morgan fingerprint density at radius 2 is 2.12 bits per heavy atom. The van der Waals surface area contributed by atoms with Crippen molar-refractivity contribution in [3.05, 3.63) is 0 Å². The molecule has 0 atom stereocenters. The topological polar surface area (TPSA) is 44.4 Å². The number of piperidine rings is 1. The molecule has 1 aliphatic rings. The van der Waals surface area contributed by atoms with E-state index in [1.165, 1.54) is 0 Å². The molecular formula is C12H25N3O. The molecule has 0 aromatic heterocycles. The number of likely N-dealkylation sites (N-methyl/N-ethyl adjacent to an activating group) is 1. The van der Waals surface area contributed by atoms with Crippen LogP contribution in [0.3, 0.4) is 0 Å². The van der Waals surface area contributed by atoms with E-state index in [4.69, 9.17) is 0 Å². The molecule has 1 heterocycles. The normalized spacial score (nSPS) is 17.7. The summed E-state index contributed by atoms with van der Waals surface area (Å²) in [5, 5.41) is 6.29. The fourth-order valence-electron chi connectivity index (χ4n) is 2.06. The second-order valence-electron chi connectivity index (χ2n) is 4.60. The van der Waals surface area contributed by atoms with E-state index in [2.05, 4.69) is 29.5 Å². The van der Waals surface area contributed by atoms with E-state index in [0.717, 1.165) is 45.3 Å². The smallest absolute Gasteiger partial charge is 0.234 e. The van der Waals surface area contributed by atoms with Gasteiger partial charge in [-0.15, -0.1) is 0 Å². The van der Waals surface area contributed by atoms with Crippen LogP contribution < -0.4 is 10.6 Å². The van der Waals surface area contributed by atoms with Gasteiger partial charge in [0.2, 0.25) is 5.91 Å². The third kappa shape index (κ3) is 4.94. The summed E-state index contributed by atoms with van der Waals surface area (Å²) in [5.74, 6) is 0.162. The van der Waals surface area contributed by atoms with Crippen molar-refractivity contribution in [2.45, 2.75) is 38.6 Å². The van der Waals surface area contributed by atoms with E-state index in [9.17, 15) is 4.79 Å². The molecule has 1 fully saturated rings. The third-order valence-corrected chi connectivity index (χ3v) is 3.18. The Kier molecular flexibility index (Phi) is 6.42. The molecule has 94 valence electrons. The number of rotatable bonds is 6. The van der Waals surface area contributed by atoms with Gasteiger partial charge in [0.05, 0.1) is 6.54 Å². The second kappa shape index (κ2) is 7.63. The van der Waals surface area contributed by atoms with Crippen LogP contribution in [0.2, 0.25) is 0 Å². The molecule has 0 unspecified atom stereocenters. The van der Waals surface area contributed by atoms with Crippen LogP contribution in [0, 0.1) is 0 Å². The van der Waals surface area contributed by atoms with Crippen LogP contribution >= 0.6 is 0 Å². The van der Waals surface area contributed by atoms with Crippen molar-refractivity contribution in [2.75, 3.05) is 33.2 Å². The maximum Gasteiger partial charge on any atom is 0.234 e. The largest absolute Gasteiger partial charge is 0.355 e. The zero-order valence-corrected chi connectivity index (χ0v) is 10.6. The van der Waals surface area contributed by atoms with Gasteiger partial charge in [-0.2, -0.15) is 0 Å². The Balaban J connectivity index is 2.16. The van der Waals surface area contributed by atoms with Crippen LogP contribution in [0.1, 0.15) is 32.6 Å². The van der Waals surface area contributed by atoms with Gasteiger partial charge in [0.25, 0.3) is 0 Å². The van der Waals surface area contributed by atoms with E-state index in [1.807, 2.05) is 0 Å². The summed E-state index contributed by atoms with van der Waals surface area (Å²) < 4.78 is 0. The standard InChI is InChI=1S/C12H25N3O/c1-3-4-7-14-12(16)10-15(2)11-5-8-13-9-6-11/h11,13H,3-10H2,1-2H3,(H,14,16). The first-order valence-corrected chi connectivity index (χ1v) is 6.41. The zero-order chi connectivity index (χ0) is 11.8. The molecule has 1 aliphatic heterocycles. The minimum atomic E-state index is 0.162. The molecule has 2 N–H and O–H groups in total. The molecule has 1 rings (SSSR count). The minimum absolute atomic E-state index is 0.162. The highest BCUT2D eigenvalue weighted by molar-refractivity contribution is 5.77. The maximum atomic E-state index is 11.6. The number of unbranched alkanes of at least 4 members (excludes halogenated alkanes) is 1. The number of hydrogen-bond donors (Lipinski definition) is 2. The van der Waals surface area contributed by atoms with E-state index < -0.39 is 0 Å². The van der Waals surface area contributed by atoms with Crippen molar-refractivity contribution in [2.24, 2.45) is 0 Å². The molecule has 0 aromatic rings. The van der Waals surface area contributed by atoms with Crippen LogP contribution in [-0.4, -0.2) is 50.1 Å². The molecule has 0 bridgehead atoms. The number of carbonyl (C=O) groups is 1. The number of nitrogens with zero attached hydrogens (tertiary/aromatic N) is 1. The first-order chi connectivity index (χ1) is 7.74. The van der Waals surface area contributed by atoms with Crippen LogP contribution in [-0.2, 0) is 4.79 Å². The van der Waals surface area contributed by atoms with Gasteiger partial charge in [0.1, 0.15) is 0 Å². The molecule has 0 radical (unpaired) electrons. The monoisotopic (exact) mass is 227 g/mol. The number of nitrogens with one attached hydrogen (secondary N) is 2. The van der Waals surface area contributed by atoms with E-state index in [0.29, 0.717) is 12.6 Å². The zero-order valence-electron chi connectivity index (χ0n) is 10.6. The lowest BCUT2D eigenvalue weighted by atomic mass is 10.1. The molecule has 1 saturated heterocycles. The Bertz CT molecular complexity index is 202. The van der Waals surface area contributed by atoms with Crippen molar-refractivity contribution in [3.8, 4) is 0 Å². The highest BCUT2D eigenvalue weighted by Crippen LogP contribution is 2.08. The lowest BCUT2D eigenvalue weighted by Gasteiger charge is -2.31. The second-order valence-corrected chi connectivity index (χ2v) is 4.60. The summed E-state index contributed by atoms with van der Waals surface area (Å²) in [4.78, 5) is 13.8. The van der Waals surface area contributed by atoms with Crippen molar-refractivity contribution in [1.82, 2.24) is 15.5 Å². The SMILES string of the molecule is CCCCNC(=O)CN(C)C1CCNCC1. The van der Waals surface area contributed by atoms with Crippen LogP contribution in [0.5, 0.6) is 0 Å².